The predicted molar refractivity (Wildman–Crippen MR) is 77.5 cm³/mol. The fourth-order valence-electron chi connectivity index (χ4n) is 2.29. The van der Waals surface area contributed by atoms with Crippen molar-refractivity contribution < 1.29 is 37.8 Å². The predicted octanol–water partition coefficient (Wildman–Crippen LogP) is -0.690. The third-order valence-corrected chi connectivity index (χ3v) is 6.51. The summed E-state index contributed by atoms with van der Waals surface area (Å²) in [6, 6.07) is 0. The molecule has 0 amide bonds. The van der Waals surface area contributed by atoms with Crippen LogP contribution >= 0.6 is 0 Å². The van der Waals surface area contributed by atoms with E-state index in [0.717, 1.165) is 13.4 Å². The van der Waals surface area contributed by atoms with Crippen LogP contribution in [0, 0.1) is 11.8 Å². The van der Waals surface area contributed by atoms with E-state index >= 15 is 0 Å². The van der Waals surface area contributed by atoms with Crippen LogP contribution in [0.25, 0.3) is 0 Å². The minimum Gasteiger partial charge on any atom is -0.270 e. The van der Waals surface area contributed by atoms with Crippen LogP contribution in [-0.4, -0.2) is 62.8 Å². The molecule has 0 bridgehead atoms. The molecule has 1 heterocycles. The molecule has 22 heavy (non-hydrogen) atoms. The van der Waals surface area contributed by atoms with E-state index in [-0.39, 0.29) is 18.8 Å². The lowest BCUT2D eigenvalue weighted by Crippen LogP contribution is -2.39. The third kappa shape index (κ3) is 6.08. The smallest absolute Gasteiger partial charge is 0.270 e. The van der Waals surface area contributed by atoms with Crippen molar-refractivity contribution in [1.82, 2.24) is 0 Å². The molecular weight excluding hydrogens is 360 g/mol. The van der Waals surface area contributed by atoms with Gasteiger partial charge in [0.2, 0.25) is 0 Å². The maximum atomic E-state index is 11.5. The van der Waals surface area contributed by atoms with E-state index < -0.39 is 54.0 Å². The minimum absolute atomic E-state index is 0.257. The van der Waals surface area contributed by atoms with Gasteiger partial charge in [-0.15, -0.1) is 0 Å². The van der Waals surface area contributed by atoms with Gasteiger partial charge in [-0.25, -0.2) is 12.6 Å². The summed E-state index contributed by atoms with van der Waals surface area (Å²) < 4.78 is 82.6. The van der Waals surface area contributed by atoms with Crippen molar-refractivity contribution in [3.8, 4) is 0 Å². The lowest BCUT2D eigenvalue weighted by Gasteiger charge is -2.28. The molecule has 12 heteroatoms. The van der Waals surface area contributed by atoms with Crippen LogP contribution in [0.5, 0.6) is 0 Å². The largest absolute Gasteiger partial charge is 0.399 e. The molecular formula is C10H20O9S3. The molecule has 1 aliphatic rings. The van der Waals surface area contributed by atoms with Crippen LogP contribution in [0.3, 0.4) is 0 Å². The SMILES string of the molecule is CCC(CS(C)(=O)=O)C(OS(=O)(=O)OC)C1COS(=O)(=O)C1. The monoisotopic (exact) mass is 380 g/mol. The Morgan fingerprint density at radius 2 is 1.86 bits per heavy atom. The van der Waals surface area contributed by atoms with Gasteiger partial charge in [0.15, 0.2) is 0 Å². The number of rotatable bonds is 8. The standard InChI is InChI=1S/C10H20O9S3/c1-4-8(6-20(3,11)12)10(19-22(15,16)17-2)9-5-18-21(13,14)7-9/h8-10H,4-7H2,1-3H3. The van der Waals surface area contributed by atoms with Crippen molar-refractivity contribution in [1.29, 1.82) is 0 Å². The molecule has 1 saturated heterocycles. The Bertz CT molecular complexity index is 677. The number of hydrogen-bond acceptors (Lipinski definition) is 9. The Hall–Kier alpha value is -0.270. The first kappa shape index (κ1) is 19.8. The second-order valence-electron chi connectivity index (χ2n) is 5.17. The highest BCUT2D eigenvalue weighted by atomic mass is 32.3. The quantitative estimate of drug-likeness (QED) is 0.502. The first-order valence-corrected chi connectivity index (χ1v) is 11.4. The summed E-state index contributed by atoms with van der Waals surface area (Å²) in [7, 11) is -10.6. The van der Waals surface area contributed by atoms with Crippen molar-refractivity contribution in [2.75, 3.05) is 31.5 Å². The molecule has 132 valence electrons. The highest BCUT2D eigenvalue weighted by Crippen LogP contribution is 2.29. The number of sulfone groups is 1. The molecule has 0 radical (unpaired) electrons. The van der Waals surface area contributed by atoms with Crippen LogP contribution in [0.2, 0.25) is 0 Å². The van der Waals surface area contributed by atoms with Crippen LogP contribution in [0.1, 0.15) is 13.3 Å². The van der Waals surface area contributed by atoms with Gasteiger partial charge < -0.3 is 0 Å². The summed E-state index contributed by atoms with van der Waals surface area (Å²) in [6.07, 6.45) is 0.134. The highest BCUT2D eigenvalue weighted by molar-refractivity contribution is 7.90. The molecule has 0 N–H and O–H groups in total. The van der Waals surface area contributed by atoms with Crippen molar-refractivity contribution in [3.63, 3.8) is 0 Å². The Balaban J connectivity index is 3.09. The van der Waals surface area contributed by atoms with Gasteiger partial charge in [0.1, 0.15) is 9.84 Å². The highest BCUT2D eigenvalue weighted by Gasteiger charge is 2.42. The minimum atomic E-state index is -4.35. The molecule has 0 aliphatic carbocycles. The Morgan fingerprint density at radius 1 is 1.27 bits per heavy atom. The molecule has 0 aromatic rings. The summed E-state index contributed by atoms with van der Waals surface area (Å²) in [5.74, 6) is -2.26. The van der Waals surface area contributed by atoms with Gasteiger partial charge in [0.05, 0.1) is 31.3 Å². The van der Waals surface area contributed by atoms with Gasteiger partial charge in [-0.05, 0) is 6.42 Å². The zero-order valence-corrected chi connectivity index (χ0v) is 14.9. The second kappa shape index (κ2) is 7.09. The summed E-state index contributed by atoms with van der Waals surface area (Å²) in [4.78, 5) is 0. The maximum absolute atomic E-state index is 11.5. The molecule has 1 fully saturated rings. The van der Waals surface area contributed by atoms with Crippen molar-refractivity contribution in [2.45, 2.75) is 19.4 Å². The summed E-state index contributed by atoms with van der Waals surface area (Å²) in [5.41, 5.74) is 0. The fraction of sp³-hybridized carbons (Fsp3) is 1.00. The molecule has 1 rings (SSSR count). The zero-order valence-electron chi connectivity index (χ0n) is 12.5. The lowest BCUT2D eigenvalue weighted by atomic mass is 9.92. The van der Waals surface area contributed by atoms with Gasteiger partial charge >= 0.3 is 10.4 Å². The molecule has 0 saturated carbocycles. The molecule has 1 aliphatic heterocycles. The zero-order chi connectivity index (χ0) is 17.2. The van der Waals surface area contributed by atoms with Gasteiger partial charge in [0.25, 0.3) is 10.1 Å². The van der Waals surface area contributed by atoms with E-state index in [1.54, 1.807) is 6.92 Å². The first-order valence-electron chi connectivity index (χ1n) is 6.42. The fourth-order valence-corrected chi connectivity index (χ4v) is 5.45. The van der Waals surface area contributed by atoms with Crippen LogP contribution in [0.15, 0.2) is 0 Å². The molecule has 0 aromatic carbocycles. The average molecular weight is 380 g/mol. The summed E-state index contributed by atoms with van der Waals surface area (Å²) in [5, 5.41) is 0. The van der Waals surface area contributed by atoms with Crippen molar-refractivity contribution in [3.05, 3.63) is 0 Å². The summed E-state index contributed by atoms with van der Waals surface area (Å²) in [6.45, 7) is 1.41. The van der Waals surface area contributed by atoms with E-state index in [1.807, 2.05) is 0 Å². The number of hydrogen-bond donors (Lipinski definition) is 0. The first-order chi connectivity index (χ1) is 9.89. The van der Waals surface area contributed by atoms with Gasteiger partial charge in [-0.2, -0.15) is 16.8 Å². The molecule has 9 nitrogen and oxygen atoms in total. The van der Waals surface area contributed by atoms with E-state index in [2.05, 4.69) is 8.37 Å². The Labute approximate surface area is 131 Å². The van der Waals surface area contributed by atoms with Gasteiger partial charge in [-0.3, -0.25) is 8.37 Å². The average Bonchev–Trinajstić information content (AvgIpc) is 2.72. The summed E-state index contributed by atoms with van der Waals surface area (Å²) >= 11 is 0. The normalized spacial score (nSPS) is 25.0. The third-order valence-electron chi connectivity index (χ3n) is 3.28. The molecule has 3 unspecified atom stereocenters. The van der Waals surface area contributed by atoms with E-state index in [9.17, 15) is 25.3 Å². The van der Waals surface area contributed by atoms with Crippen LogP contribution < -0.4 is 0 Å². The van der Waals surface area contributed by atoms with Crippen LogP contribution in [0.4, 0.5) is 0 Å². The van der Waals surface area contributed by atoms with Gasteiger partial charge in [0, 0.05) is 18.1 Å². The maximum Gasteiger partial charge on any atom is 0.399 e. The Kier molecular flexibility index (Phi) is 6.38. The van der Waals surface area contributed by atoms with E-state index in [1.165, 1.54) is 0 Å². The second-order valence-corrected chi connectivity index (χ2v) is 10.4. The lowest BCUT2D eigenvalue weighted by molar-refractivity contribution is 0.0683. The topological polar surface area (TPSA) is 130 Å². The molecule has 3 atom stereocenters. The Morgan fingerprint density at radius 3 is 2.23 bits per heavy atom. The molecule has 0 spiro atoms. The van der Waals surface area contributed by atoms with Crippen molar-refractivity contribution in [2.24, 2.45) is 11.8 Å². The van der Waals surface area contributed by atoms with E-state index in [0.29, 0.717) is 0 Å². The van der Waals surface area contributed by atoms with Crippen LogP contribution in [-0.2, 0) is 42.9 Å². The van der Waals surface area contributed by atoms with Crippen molar-refractivity contribution >= 4 is 30.4 Å². The van der Waals surface area contributed by atoms with Gasteiger partial charge in [-0.1, -0.05) is 6.92 Å². The molecule has 0 aromatic heterocycles. The van der Waals surface area contributed by atoms with E-state index in [4.69, 9.17) is 4.18 Å².